The zero-order valence-electron chi connectivity index (χ0n) is 8.31. The van der Waals surface area contributed by atoms with Crippen LogP contribution in [0.4, 0.5) is 0 Å². The number of ether oxygens (including phenoxy) is 2. The zero-order valence-corrected chi connectivity index (χ0v) is 8.31. The van der Waals surface area contributed by atoms with Crippen molar-refractivity contribution in [3.8, 4) is 11.5 Å². The summed E-state index contributed by atoms with van der Waals surface area (Å²) in [7, 11) is 0. The third kappa shape index (κ3) is 2.37. The van der Waals surface area contributed by atoms with Crippen LogP contribution in [0.3, 0.4) is 0 Å². The van der Waals surface area contributed by atoms with Gasteiger partial charge in [-0.25, -0.2) is 0 Å². The van der Waals surface area contributed by atoms with E-state index in [1.165, 1.54) is 0 Å². The molecule has 0 aliphatic carbocycles. The second-order valence-corrected chi connectivity index (χ2v) is 3.26. The molecule has 1 aromatic rings. The summed E-state index contributed by atoms with van der Waals surface area (Å²) in [6.45, 7) is 0.299. The number of aldehydes is 1. The predicted molar refractivity (Wildman–Crippen MR) is 56.9 cm³/mol. The van der Waals surface area contributed by atoms with Crippen LogP contribution < -0.4 is 9.47 Å². The van der Waals surface area contributed by atoms with Crippen LogP contribution in [0.5, 0.6) is 11.5 Å². The summed E-state index contributed by atoms with van der Waals surface area (Å²) in [5, 5.41) is 0. The molecule has 78 valence electrons. The zero-order chi connectivity index (χ0) is 10.5. The number of carbonyl (C=O) groups is 1. The minimum Gasteiger partial charge on any atom is -0.454 e. The summed E-state index contributed by atoms with van der Waals surface area (Å²) in [6.07, 6.45) is 6.22. The molecule has 15 heavy (non-hydrogen) atoms. The fraction of sp³-hybridized carbons (Fsp3) is 0.250. The molecule has 0 bridgehead atoms. The second-order valence-electron chi connectivity index (χ2n) is 3.26. The van der Waals surface area contributed by atoms with Crippen LogP contribution in [0.2, 0.25) is 0 Å². The molecule has 0 saturated carbocycles. The highest BCUT2D eigenvalue weighted by Crippen LogP contribution is 2.32. The lowest BCUT2D eigenvalue weighted by atomic mass is 10.1. The lowest BCUT2D eigenvalue weighted by Crippen LogP contribution is -1.92. The van der Waals surface area contributed by atoms with E-state index in [-0.39, 0.29) is 0 Å². The molecule has 0 fully saturated rings. The Morgan fingerprint density at radius 3 is 2.93 bits per heavy atom. The molecule has 1 aliphatic heterocycles. The maximum Gasteiger partial charge on any atom is 0.231 e. The van der Waals surface area contributed by atoms with Crippen molar-refractivity contribution in [1.29, 1.82) is 0 Å². The van der Waals surface area contributed by atoms with Crippen LogP contribution >= 0.6 is 0 Å². The van der Waals surface area contributed by atoms with Gasteiger partial charge in [-0.05, 0) is 24.1 Å². The van der Waals surface area contributed by atoms with Gasteiger partial charge in [0.15, 0.2) is 11.5 Å². The Kier molecular flexibility index (Phi) is 3.02. The lowest BCUT2D eigenvalue weighted by Gasteiger charge is -1.97. The Hall–Kier alpha value is -1.77. The number of rotatable bonds is 4. The van der Waals surface area contributed by atoms with Crippen molar-refractivity contribution >= 4 is 12.4 Å². The minimum absolute atomic E-state index is 0.299. The van der Waals surface area contributed by atoms with Crippen molar-refractivity contribution in [2.24, 2.45) is 0 Å². The van der Waals surface area contributed by atoms with Gasteiger partial charge in [0, 0.05) is 6.42 Å². The van der Waals surface area contributed by atoms with E-state index < -0.39 is 0 Å². The summed E-state index contributed by atoms with van der Waals surface area (Å²) in [4.78, 5) is 10.1. The van der Waals surface area contributed by atoms with Gasteiger partial charge in [0.25, 0.3) is 0 Å². The minimum atomic E-state index is 0.299. The highest BCUT2D eigenvalue weighted by atomic mass is 16.7. The van der Waals surface area contributed by atoms with Gasteiger partial charge in [0.1, 0.15) is 6.29 Å². The third-order valence-electron chi connectivity index (χ3n) is 2.16. The van der Waals surface area contributed by atoms with E-state index in [0.29, 0.717) is 13.2 Å². The van der Waals surface area contributed by atoms with E-state index in [1.807, 2.05) is 30.4 Å². The largest absolute Gasteiger partial charge is 0.454 e. The van der Waals surface area contributed by atoms with E-state index in [4.69, 9.17) is 9.47 Å². The molecule has 1 aromatic carbocycles. The highest BCUT2D eigenvalue weighted by molar-refractivity contribution is 5.57. The molecule has 0 N–H and O–H groups in total. The van der Waals surface area contributed by atoms with Gasteiger partial charge in [0.2, 0.25) is 6.79 Å². The van der Waals surface area contributed by atoms with Crippen LogP contribution in [0.25, 0.3) is 6.08 Å². The molecule has 0 atom stereocenters. The number of allylic oxidation sites excluding steroid dienone is 1. The van der Waals surface area contributed by atoms with E-state index >= 15 is 0 Å². The first-order valence-corrected chi connectivity index (χ1v) is 4.90. The average molecular weight is 204 g/mol. The van der Waals surface area contributed by atoms with Crippen molar-refractivity contribution in [1.82, 2.24) is 0 Å². The number of benzene rings is 1. The summed E-state index contributed by atoms with van der Waals surface area (Å²) in [5.74, 6) is 1.58. The molecular weight excluding hydrogens is 192 g/mol. The standard InChI is InChI=1S/C12H12O3/c13-7-3-1-2-4-10-5-6-11-12(8-10)15-9-14-11/h2,4-8H,1,3,9H2/b4-2+. The molecule has 0 amide bonds. The average Bonchev–Trinajstić information content (AvgIpc) is 2.71. The molecule has 1 aliphatic rings. The van der Waals surface area contributed by atoms with Gasteiger partial charge in [-0.3, -0.25) is 0 Å². The maximum atomic E-state index is 10.1. The van der Waals surface area contributed by atoms with E-state index in [2.05, 4.69) is 0 Å². The monoisotopic (exact) mass is 204 g/mol. The number of hydrogen-bond donors (Lipinski definition) is 0. The van der Waals surface area contributed by atoms with Crippen LogP contribution in [0, 0.1) is 0 Å². The fourth-order valence-electron chi connectivity index (χ4n) is 1.40. The first-order valence-electron chi connectivity index (χ1n) is 4.90. The van der Waals surface area contributed by atoms with Crippen LogP contribution in [0.15, 0.2) is 24.3 Å². The molecule has 0 spiro atoms. The van der Waals surface area contributed by atoms with Crippen molar-refractivity contribution in [2.45, 2.75) is 12.8 Å². The van der Waals surface area contributed by atoms with Gasteiger partial charge < -0.3 is 14.3 Å². The SMILES string of the molecule is O=CCC/C=C/c1ccc2c(c1)OCO2. The van der Waals surface area contributed by atoms with Crippen LogP contribution in [-0.4, -0.2) is 13.1 Å². The topological polar surface area (TPSA) is 35.5 Å². The Morgan fingerprint density at radius 1 is 1.20 bits per heavy atom. The van der Waals surface area contributed by atoms with Crippen molar-refractivity contribution in [3.63, 3.8) is 0 Å². The van der Waals surface area contributed by atoms with E-state index in [0.717, 1.165) is 29.8 Å². The first kappa shape index (κ1) is 9.77. The Bertz CT molecular complexity index is 382. The summed E-state index contributed by atoms with van der Waals surface area (Å²) >= 11 is 0. The molecule has 2 rings (SSSR count). The van der Waals surface area contributed by atoms with Gasteiger partial charge >= 0.3 is 0 Å². The van der Waals surface area contributed by atoms with Crippen molar-refractivity contribution in [3.05, 3.63) is 29.8 Å². The maximum absolute atomic E-state index is 10.1. The van der Waals surface area contributed by atoms with Crippen molar-refractivity contribution in [2.75, 3.05) is 6.79 Å². The van der Waals surface area contributed by atoms with E-state index in [9.17, 15) is 4.79 Å². The normalized spacial score (nSPS) is 13.3. The number of hydrogen-bond acceptors (Lipinski definition) is 3. The number of fused-ring (bicyclic) bond motifs is 1. The number of unbranched alkanes of at least 4 members (excludes halogenated alkanes) is 1. The second kappa shape index (κ2) is 4.64. The summed E-state index contributed by atoms with van der Waals surface area (Å²) in [6, 6.07) is 5.78. The van der Waals surface area contributed by atoms with Gasteiger partial charge in [-0.2, -0.15) is 0 Å². The van der Waals surface area contributed by atoms with Gasteiger partial charge in [0.05, 0.1) is 0 Å². The molecular formula is C12H12O3. The van der Waals surface area contributed by atoms with Crippen LogP contribution in [0.1, 0.15) is 18.4 Å². The predicted octanol–water partition coefficient (Wildman–Crippen LogP) is 2.41. The smallest absolute Gasteiger partial charge is 0.231 e. The quantitative estimate of drug-likeness (QED) is 0.558. The third-order valence-corrected chi connectivity index (χ3v) is 2.16. The number of carbonyl (C=O) groups excluding carboxylic acids is 1. The highest BCUT2D eigenvalue weighted by Gasteiger charge is 2.11. The molecule has 3 nitrogen and oxygen atoms in total. The first-order chi connectivity index (χ1) is 7.40. The molecule has 0 saturated heterocycles. The summed E-state index contributed by atoms with van der Waals surface area (Å²) < 4.78 is 10.5. The van der Waals surface area contributed by atoms with Crippen LogP contribution in [-0.2, 0) is 4.79 Å². The molecule has 0 radical (unpaired) electrons. The van der Waals surface area contributed by atoms with Gasteiger partial charge in [-0.15, -0.1) is 0 Å². The molecule has 0 aromatic heterocycles. The lowest BCUT2D eigenvalue weighted by molar-refractivity contribution is -0.107. The van der Waals surface area contributed by atoms with Gasteiger partial charge in [-0.1, -0.05) is 18.2 Å². The Morgan fingerprint density at radius 2 is 2.07 bits per heavy atom. The Balaban J connectivity index is 2.03. The molecule has 1 heterocycles. The molecule has 0 unspecified atom stereocenters. The van der Waals surface area contributed by atoms with E-state index in [1.54, 1.807) is 0 Å². The Labute approximate surface area is 88.3 Å². The summed E-state index contributed by atoms with van der Waals surface area (Å²) in [5.41, 5.74) is 1.06. The fourth-order valence-corrected chi connectivity index (χ4v) is 1.40. The molecule has 3 heteroatoms. The van der Waals surface area contributed by atoms with Crippen molar-refractivity contribution < 1.29 is 14.3 Å².